The van der Waals surface area contributed by atoms with E-state index >= 15 is 0 Å². The second-order valence-corrected chi connectivity index (χ2v) is 5.71. The molecule has 19 heavy (non-hydrogen) atoms. The molecule has 1 heterocycles. The Bertz CT molecular complexity index is 399. The molecule has 108 valence electrons. The summed E-state index contributed by atoms with van der Waals surface area (Å²) in [5, 5.41) is 6.84. The molecular formula is C14H26N4O. The van der Waals surface area contributed by atoms with Crippen molar-refractivity contribution in [1.29, 1.82) is 0 Å². The second-order valence-electron chi connectivity index (χ2n) is 5.71. The SMILES string of the molecule is COc1nccc(N(C)C)c1NCCNC(C)(C)C. The fourth-order valence-corrected chi connectivity index (χ4v) is 1.75. The summed E-state index contributed by atoms with van der Waals surface area (Å²) in [6.07, 6.45) is 1.76. The molecule has 0 unspecified atom stereocenters. The van der Waals surface area contributed by atoms with E-state index in [0.29, 0.717) is 5.88 Å². The van der Waals surface area contributed by atoms with E-state index in [1.807, 2.05) is 25.1 Å². The number of aromatic nitrogens is 1. The number of nitrogens with one attached hydrogen (secondary N) is 2. The Morgan fingerprint density at radius 2 is 1.95 bits per heavy atom. The Morgan fingerprint density at radius 1 is 1.26 bits per heavy atom. The minimum atomic E-state index is 0.130. The standard InChI is InChI=1S/C14H26N4O/c1-14(2,3)17-10-9-15-12-11(18(4)5)7-8-16-13(12)19-6/h7-8,15,17H,9-10H2,1-6H3. The smallest absolute Gasteiger partial charge is 0.239 e. The quantitative estimate of drug-likeness (QED) is 0.771. The molecule has 1 rings (SSSR count). The lowest BCUT2D eigenvalue weighted by molar-refractivity contribution is 0.399. The molecule has 0 radical (unpaired) electrons. The zero-order valence-corrected chi connectivity index (χ0v) is 12.9. The third-order valence-electron chi connectivity index (χ3n) is 2.65. The maximum Gasteiger partial charge on any atom is 0.239 e. The first-order valence-corrected chi connectivity index (χ1v) is 6.54. The second kappa shape index (κ2) is 6.61. The van der Waals surface area contributed by atoms with Gasteiger partial charge in [0.15, 0.2) is 0 Å². The normalized spacial score (nSPS) is 11.3. The van der Waals surface area contributed by atoms with E-state index in [0.717, 1.165) is 24.5 Å². The van der Waals surface area contributed by atoms with E-state index < -0.39 is 0 Å². The molecule has 0 aliphatic heterocycles. The Morgan fingerprint density at radius 3 is 2.47 bits per heavy atom. The van der Waals surface area contributed by atoms with Gasteiger partial charge in [-0.05, 0) is 26.8 Å². The van der Waals surface area contributed by atoms with Gasteiger partial charge in [-0.3, -0.25) is 0 Å². The number of pyridine rings is 1. The van der Waals surface area contributed by atoms with Gasteiger partial charge in [-0.15, -0.1) is 0 Å². The summed E-state index contributed by atoms with van der Waals surface area (Å²) in [7, 11) is 5.65. The predicted octanol–water partition coefficient (Wildman–Crippen LogP) is 1.96. The predicted molar refractivity (Wildman–Crippen MR) is 81.4 cm³/mol. The molecule has 0 spiro atoms. The number of nitrogens with zero attached hydrogens (tertiary/aromatic N) is 2. The molecule has 0 fully saturated rings. The Kier molecular flexibility index (Phi) is 5.42. The van der Waals surface area contributed by atoms with Crippen molar-refractivity contribution in [3.63, 3.8) is 0 Å². The highest BCUT2D eigenvalue weighted by Gasteiger charge is 2.12. The van der Waals surface area contributed by atoms with Gasteiger partial charge < -0.3 is 20.3 Å². The first-order chi connectivity index (χ1) is 8.85. The van der Waals surface area contributed by atoms with Crippen molar-refractivity contribution >= 4 is 11.4 Å². The molecule has 0 aliphatic rings. The highest BCUT2D eigenvalue weighted by atomic mass is 16.5. The molecule has 1 aromatic heterocycles. The number of ether oxygens (including phenoxy) is 1. The van der Waals surface area contributed by atoms with Gasteiger partial charge in [0.25, 0.3) is 0 Å². The van der Waals surface area contributed by atoms with Gasteiger partial charge in [0, 0.05) is 38.9 Å². The van der Waals surface area contributed by atoms with E-state index in [9.17, 15) is 0 Å². The number of hydrogen-bond acceptors (Lipinski definition) is 5. The van der Waals surface area contributed by atoms with Crippen molar-refractivity contribution in [1.82, 2.24) is 10.3 Å². The summed E-state index contributed by atoms with van der Waals surface area (Å²) < 4.78 is 5.31. The molecule has 5 nitrogen and oxygen atoms in total. The molecular weight excluding hydrogens is 240 g/mol. The summed E-state index contributed by atoms with van der Waals surface area (Å²) in [6.45, 7) is 8.17. The van der Waals surface area contributed by atoms with Crippen LogP contribution < -0.4 is 20.3 Å². The van der Waals surface area contributed by atoms with Crippen LogP contribution in [0, 0.1) is 0 Å². The van der Waals surface area contributed by atoms with Crippen LogP contribution in [0.3, 0.4) is 0 Å². The van der Waals surface area contributed by atoms with E-state index in [4.69, 9.17) is 4.74 Å². The number of rotatable bonds is 6. The van der Waals surface area contributed by atoms with E-state index in [1.165, 1.54) is 0 Å². The molecule has 0 bridgehead atoms. The maximum atomic E-state index is 5.31. The molecule has 0 amide bonds. The van der Waals surface area contributed by atoms with Gasteiger partial charge in [-0.1, -0.05) is 0 Å². The molecule has 0 saturated carbocycles. The highest BCUT2D eigenvalue weighted by molar-refractivity contribution is 5.74. The third kappa shape index (κ3) is 4.95. The molecule has 1 aromatic rings. The average molecular weight is 266 g/mol. The van der Waals surface area contributed by atoms with Crippen LogP contribution in [0.2, 0.25) is 0 Å². The molecule has 0 saturated heterocycles. The van der Waals surface area contributed by atoms with Gasteiger partial charge in [-0.2, -0.15) is 0 Å². The van der Waals surface area contributed by atoms with Crippen LogP contribution >= 0.6 is 0 Å². The first-order valence-electron chi connectivity index (χ1n) is 6.54. The summed E-state index contributed by atoms with van der Waals surface area (Å²) in [5.74, 6) is 0.627. The number of methoxy groups -OCH3 is 1. The van der Waals surface area contributed by atoms with Crippen LogP contribution in [-0.4, -0.2) is 44.8 Å². The third-order valence-corrected chi connectivity index (χ3v) is 2.65. The van der Waals surface area contributed by atoms with Gasteiger partial charge in [0.1, 0.15) is 5.69 Å². The lowest BCUT2D eigenvalue weighted by Gasteiger charge is -2.23. The number of anilines is 2. The van der Waals surface area contributed by atoms with Gasteiger partial charge >= 0.3 is 0 Å². The van der Waals surface area contributed by atoms with Gasteiger partial charge in [0.05, 0.1) is 12.8 Å². The van der Waals surface area contributed by atoms with Gasteiger partial charge in [-0.25, -0.2) is 4.98 Å². The molecule has 2 N–H and O–H groups in total. The average Bonchev–Trinajstić information content (AvgIpc) is 2.33. The van der Waals surface area contributed by atoms with Gasteiger partial charge in [0.2, 0.25) is 5.88 Å². The van der Waals surface area contributed by atoms with E-state index in [1.54, 1.807) is 13.3 Å². The van der Waals surface area contributed by atoms with Crippen molar-refractivity contribution in [2.45, 2.75) is 26.3 Å². The lowest BCUT2D eigenvalue weighted by atomic mass is 10.1. The summed E-state index contributed by atoms with van der Waals surface area (Å²) >= 11 is 0. The fraction of sp³-hybridized carbons (Fsp3) is 0.643. The Hall–Kier alpha value is -1.49. The van der Waals surface area contributed by atoms with Crippen molar-refractivity contribution in [3.05, 3.63) is 12.3 Å². The van der Waals surface area contributed by atoms with Crippen LogP contribution in [0.1, 0.15) is 20.8 Å². The largest absolute Gasteiger partial charge is 0.479 e. The lowest BCUT2D eigenvalue weighted by Crippen LogP contribution is -2.38. The van der Waals surface area contributed by atoms with Crippen molar-refractivity contribution < 1.29 is 4.74 Å². The van der Waals surface area contributed by atoms with Crippen molar-refractivity contribution in [3.8, 4) is 5.88 Å². The monoisotopic (exact) mass is 266 g/mol. The molecule has 0 aromatic carbocycles. The first kappa shape index (κ1) is 15.6. The molecule has 0 aliphatic carbocycles. The van der Waals surface area contributed by atoms with Crippen LogP contribution in [-0.2, 0) is 0 Å². The highest BCUT2D eigenvalue weighted by Crippen LogP contribution is 2.31. The van der Waals surface area contributed by atoms with Crippen LogP contribution in [0.15, 0.2) is 12.3 Å². The summed E-state index contributed by atoms with van der Waals surface area (Å²) in [4.78, 5) is 6.28. The van der Waals surface area contributed by atoms with Crippen LogP contribution in [0.4, 0.5) is 11.4 Å². The zero-order chi connectivity index (χ0) is 14.5. The summed E-state index contributed by atoms with van der Waals surface area (Å²) in [6, 6.07) is 1.97. The summed E-state index contributed by atoms with van der Waals surface area (Å²) in [5.41, 5.74) is 2.14. The Labute approximate surface area is 116 Å². The van der Waals surface area contributed by atoms with E-state index in [2.05, 4.69) is 36.4 Å². The topological polar surface area (TPSA) is 49.4 Å². The Balaban J connectivity index is 2.70. The van der Waals surface area contributed by atoms with Crippen LogP contribution in [0.25, 0.3) is 0 Å². The molecule has 5 heteroatoms. The van der Waals surface area contributed by atoms with Crippen LogP contribution in [0.5, 0.6) is 5.88 Å². The molecule has 0 atom stereocenters. The zero-order valence-electron chi connectivity index (χ0n) is 12.9. The maximum absolute atomic E-state index is 5.31. The van der Waals surface area contributed by atoms with Crippen molar-refractivity contribution in [2.24, 2.45) is 0 Å². The number of hydrogen-bond donors (Lipinski definition) is 2. The van der Waals surface area contributed by atoms with Crippen molar-refractivity contribution in [2.75, 3.05) is 44.5 Å². The minimum absolute atomic E-state index is 0.130. The minimum Gasteiger partial charge on any atom is -0.479 e. The fourth-order valence-electron chi connectivity index (χ4n) is 1.75. The van der Waals surface area contributed by atoms with E-state index in [-0.39, 0.29) is 5.54 Å².